The van der Waals surface area contributed by atoms with Gasteiger partial charge in [-0.2, -0.15) is 0 Å². The van der Waals surface area contributed by atoms with Gasteiger partial charge in [-0.3, -0.25) is 4.98 Å². The molecule has 0 aliphatic rings. The van der Waals surface area contributed by atoms with Gasteiger partial charge in [-0.1, -0.05) is 24.3 Å². The smallest absolute Gasteiger partial charge is 0.112 e. The Bertz CT molecular complexity index is 699. The first-order valence-electron chi connectivity index (χ1n) is 6.63. The molecule has 102 valence electrons. The maximum atomic E-state index is 4.40. The number of rotatable bonds is 4. The van der Waals surface area contributed by atoms with Crippen molar-refractivity contribution in [1.29, 1.82) is 0 Å². The van der Waals surface area contributed by atoms with Crippen molar-refractivity contribution in [2.75, 3.05) is 0 Å². The van der Waals surface area contributed by atoms with Crippen molar-refractivity contribution in [3.63, 3.8) is 0 Å². The molecule has 1 N–H and O–H groups in total. The molecule has 3 nitrogen and oxygen atoms in total. The summed E-state index contributed by atoms with van der Waals surface area (Å²) in [7, 11) is 0. The van der Waals surface area contributed by atoms with Gasteiger partial charge in [-0.15, -0.1) is 11.3 Å². The molecule has 3 aromatic rings. The van der Waals surface area contributed by atoms with E-state index in [9.17, 15) is 0 Å². The van der Waals surface area contributed by atoms with Crippen LogP contribution in [0.5, 0.6) is 0 Å². The Morgan fingerprint density at radius 3 is 2.85 bits per heavy atom. The molecule has 0 unspecified atom stereocenters. The molecule has 3 rings (SSSR count). The second kappa shape index (κ2) is 5.31. The minimum Gasteiger partial charge on any atom is -0.302 e. The van der Waals surface area contributed by atoms with Gasteiger partial charge >= 0.3 is 0 Å². The number of nitrogens with zero attached hydrogens (tertiary/aromatic N) is 2. The minimum absolute atomic E-state index is 0.134. The fourth-order valence-electron chi connectivity index (χ4n) is 2.24. The molecular formula is C16H17N3S. The van der Waals surface area contributed by atoms with E-state index < -0.39 is 0 Å². The molecule has 0 atom stereocenters. The van der Waals surface area contributed by atoms with Gasteiger partial charge in [0.1, 0.15) is 5.01 Å². The summed E-state index contributed by atoms with van der Waals surface area (Å²) in [5.41, 5.74) is 1.08. The highest BCUT2D eigenvalue weighted by Crippen LogP contribution is 2.24. The van der Waals surface area contributed by atoms with Gasteiger partial charge in [0.15, 0.2) is 0 Å². The zero-order valence-electron chi connectivity index (χ0n) is 11.6. The van der Waals surface area contributed by atoms with Gasteiger partial charge in [0.2, 0.25) is 0 Å². The van der Waals surface area contributed by atoms with Gasteiger partial charge in [-0.25, -0.2) is 4.98 Å². The molecule has 4 heteroatoms. The summed E-state index contributed by atoms with van der Waals surface area (Å²) in [6.45, 7) is 5.09. The Morgan fingerprint density at radius 2 is 2.05 bits per heavy atom. The second-order valence-electron chi connectivity index (χ2n) is 5.34. The molecule has 2 aromatic heterocycles. The lowest BCUT2D eigenvalue weighted by atomic mass is 10.0. The molecule has 0 bridgehead atoms. The summed E-state index contributed by atoms with van der Waals surface area (Å²) in [6.07, 6.45) is 5.70. The fourth-order valence-corrected chi connectivity index (χ4v) is 2.98. The summed E-state index contributed by atoms with van der Waals surface area (Å²) in [4.78, 5) is 8.73. The fraction of sp³-hybridized carbons (Fsp3) is 0.250. The number of benzene rings is 1. The lowest BCUT2D eigenvalue weighted by Gasteiger charge is -2.24. The molecule has 0 aliphatic heterocycles. The Balaban J connectivity index is 1.84. The van der Waals surface area contributed by atoms with E-state index in [0.29, 0.717) is 0 Å². The number of pyridine rings is 1. The quantitative estimate of drug-likeness (QED) is 0.793. The first-order chi connectivity index (χ1) is 9.67. The molecule has 0 amide bonds. The van der Waals surface area contributed by atoms with Crippen molar-refractivity contribution in [3.8, 4) is 0 Å². The van der Waals surface area contributed by atoms with E-state index in [2.05, 4.69) is 47.3 Å². The Kier molecular flexibility index (Phi) is 3.51. The first-order valence-corrected chi connectivity index (χ1v) is 7.51. The maximum absolute atomic E-state index is 4.40. The number of fused-ring (bicyclic) bond motifs is 1. The zero-order valence-corrected chi connectivity index (χ0v) is 12.4. The summed E-state index contributed by atoms with van der Waals surface area (Å²) in [5.74, 6) is 0. The first kappa shape index (κ1) is 13.2. The maximum Gasteiger partial charge on any atom is 0.112 e. The van der Waals surface area contributed by atoms with Crippen LogP contribution in [0.2, 0.25) is 0 Å². The van der Waals surface area contributed by atoms with Crippen LogP contribution in [0.1, 0.15) is 24.4 Å². The van der Waals surface area contributed by atoms with Crippen LogP contribution in [0.25, 0.3) is 10.8 Å². The van der Waals surface area contributed by atoms with E-state index in [-0.39, 0.29) is 5.54 Å². The third-order valence-corrected chi connectivity index (χ3v) is 4.54. The normalized spacial score (nSPS) is 11.9. The van der Waals surface area contributed by atoms with Gasteiger partial charge < -0.3 is 5.32 Å². The zero-order chi connectivity index (χ0) is 14.0. The molecule has 0 spiro atoms. The van der Waals surface area contributed by atoms with Crippen LogP contribution < -0.4 is 5.32 Å². The third-order valence-electron chi connectivity index (χ3n) is 3.44. The highest BCUT2D eigenvalue weighted by Gasteiger charge is 2.22. The van der Waals surface area contributed by atoms with E-state index in [1.165, 1.54) is 16.3 Å². The van der Waals surface area contributed by atoms with Crippen LogP contribution in [-0.4, -0.2) is 9.97 Å². The number of aromatic nitrogens is 2. The highest BCUT2D eigenvalue weighted by atomic mass is 32.1. The number of nitrogens with one attached hydrogen (secondary N) is 1. The molecule has 2 heterocycles. The topological polar surface area (TPSA) is 37.8 Å². The number of hydrogen-bond donors (Lipinski definition) is 1. The predicted molar refractivity (Wildman–Crippen MR) is 83.7 cm³/mol. The Labute approximate surface area is 122 Å². The van der Waals surface area contributed by atoms with Crippen molar-refractivity contribution in [2.45, 2.75) is 25.9 Å². The molecule has 0 radical (unpaired) electrons. The van der Waals surface area contributed by atoms with Crippen LogP contribution in [0.3, 0.4) is 0 Å². The molecule has 20 heavy (non-hydrogen) atoms. The molecule has 0 saturated heterocycles. The second-order valence-corrected chi connectivity index (χ2v) is 6.23. The van der Waals surface area contributed by atoms with Crippen LogP contribution in [0.4, 0.5) is 0 Å². The summed E-state index contributed by atoms with van der Waals surface area (Å²) in [5, 5.41) is 9.13. The van der Waals surface area contributed by atoms with Crippen molar-refractivity contribution in [1.82, 2.24) is 15.3 Å². The largest absolute Gasteiger partial charge is 0.302 e. The minimum atomic E-state index is -0.134. The summed E-state index contributed by atoms with van der Waals surface area (Å²) in [6, 6.07) is 8.35. The molecule has 0 saturated carbocycles. The molecular weight excluding hydrogens is 266 g/mol. The van der Waals surface area contributed by atoms with Crippen molar-refractivity contribution >= 4 is 22.1 Å². The van der Waals surface area contributed by atoms with Crippen LogP contribution in [0, 0.1) is 0 Å². The van der Waals surface area contributed by atoms with Crippen molar-refractivity contribution in [3.05, 3.63) is 58.8 Å². The van der Waals surface area contributed by atoms with Crippen molar-refractivity contribution in [2.24, 2.45) is 0 Å². The summed E-state index contributed by atoms with van der Waals surface area (Å²) >= 11 is 1.68. The lowest BCUT2D eigenvalue weighted by molar-refractivity contribution is 0.400. The lowest BCUT2D eigenvalue weighted by Crippen LogP contribution is -2.35. The van der Waals surface area contributed by atoms with E-state index in [1.807, 2.05) is 30.0 Å². The molecule has 0 aliphatic carbocycles. The monoisotopic (exact) mass is 283 g/mol. The summed E-state index contributed by atoms with van der Waals surface area (Å²) < 4.78 is 0. The average molecular weight is 283 g/mol. The predicted octanol–water partition coefficient (Wildman–Crippen LogP) is 3.72. The van der Waals surface area contributed by atoms with Crippen LogP contribution in [0.15, 0.2) is 48.2 Å². The van der Waals surface area contributed by atoms with E-state index in [1.54, 1.807) is 11.3 Å². The van der Waals surface area contributed by atoms with Gasteiger partial charge in [0.05, 0.1) is 5.54 Å². The van der Waals surface area contributed by atoms with Gasteiger partial charge in [0, 0.05) is 35.9 Å². The van der Waals surface area contributed by atoms with Crippen LogP contribution >= 0.6 is 11.3 Å². The van der Waals surface area contributed by atoms with E-state index in [0.717, 1.165) is 11.6 Å². The van der Waals surface area contributed by atoms with Gasteiger partial charge in [0.25, 0.3) is 0 Å². The Morgan fingerprint density at radius 1 is 1.20 bits per heavy atom. The number of thiazole rings is 1. The standard InChI is InChI=1S/C16H17N3S/c1-16(2,15-18-7-8-20-15)19-11-13-10-17-9-12-5-3-4-6-14(12)13/h3-10,19H,11H2,1-2H3. The average Bonchev–Trinajstić information content (AvgIpc) is 3.00. The number of hydrogen-bond acceptors (Lipinski definition) is 4. The highest BCUT2D eigenvalue weighted by molar-refractivity contribution is 7.09. The SMILES string of the molecule is CC(C)(NCc1cncc2ccccc12)c1nccs1. The Hall–Kier alpha value is -1.78. The van der Waals surface area contributed by atoms with E-state index in [4.69, 9.17) is 0 Å². The molecule has 0 fully saturated rings. The third kappa shape index (κ3) is 2.57. The van der Waals surface area contributed by atoms with Crippen molar-refractivity contribution < 1.29 is 0 Å². The molecule has 1 aromatic carbocycles. The van der Waals surface area contributed by atoms with Crippen LogP contribution in [-0.2, 0) is 12.1 Å². The van der Waals surface area contributed by atoms with Gasteiger partial charge in [-0.05, 0) is 24.8 Å². The van der Waals surface area contributed by atoms with E-state index >= 15 is 0 Å².